The van der Waals surface area contributed by atoms with Gasteiger partial charge in [-0.2, -0.15) is 0 Å². The highest BCUT2D eigenvalue weighted by Gasteiger charge is 2.24. The van der Waals surface area contributed by atoms with Crippen LogP contribution in [0.25, 0.3) is 0 Å². The molecular weight excluding hydrogens is 493 g/mol. The minimum atomic E-state index is -1.35. The minimum absolute atomic E-state index is 0.0667. The van der Waals surface area contributed by atoms with Gasteiger partial charge >= 0.3 is 0 Å². The Kier molecular flexibility index (Phi) is 6.28. The summed E-state index contributed by atoms with van der Waals surface area (Å²) in [6.45, 7) is 0.343. The second kappa shape index (κ2) is 8.49. The summed E-state index contributed by atoms with van der Waals surface area (Å²) in [7, 11) is 0. The van der Waals surface area contributed by atoms with Crippen LogP contribution in [0.15, 0.2) is 30.3 Å². The molecule has 27 heavy (non-hydrogen) atoms. The van der Waals surface area contributed by atoms with Crippen molar-refractivity contribution in [1.82, 2.24) is 5.48 Å². The third-order valence-electron chi connectivity index (χ3n) is 3.93. The number of amides is 2. The van der Waals surface area contributed by atoms with E-state index >= 15 is 0 Å². The number of rotatable bonds is 6. The molecule has 0 bridgehead atoms. The molecule has 0 aliphatic heterocycles. The van der Waals surface area contributed by atoms with E-state index in [-0.39, 0.29) is 16.1 Å². The Balaban J connectivity index is 1.83. The Hall–Kier alpha value is -1.78. The summed E-state index contributed by atoms with van der Waals surface area (Å²) in [5.74, 6) is -3.71. The monoisotopic (exact) mass is 506 g/mol. The Bertz CT molecular complexity index is 906. The fourth-order valence-electron chi connectivity index (χ4n) is 2.28. The molecule has 3 rings (SSSR count). The molecule has 0 heterocycles. The zero-order valence-corrected chi connectivity index (χ0v) is 16.7. The van der Waals surface area contributed by atoms with Crippen molar-refractivity contribution < 1.29 is 23.2 Å². The topological polar surface area (TPSA) is 67.4 Å². The van der Waals surface area contributed by atoms with E-state index in [0.717, 1.165) is 28.5 Å². The van der Waals surface area contributed by atoms with E-state index in [1.807, 2.05) is 22.6 Å². The van der Waals surface area contributed by atoms with Gasteiger partial charge in [0.15, 0.2) is 11.6 Å². The van der Waals surface area contributed by atoms with Crippen LogP contribution in [0.2, 0.25) is 5.02 Å². The second-order valence-corrected chi connectivity index (χ2v) is 7.70. The third-order valence-corrected chi connectivity index (χ3v) is 4.92. The first-order valence-electron chi connectivity index (χ1n) is 8.03. The van der Waals surface area contributed by atoms with Crippen molar-refractivity contribution in [3.8, 4) is 0 Å². The fourth-order valence-corrected chi connectivity index (χ4v) is 3.22. The van der Waals surface area contributed by atoms with Crippen molar-refractivity contribution in [2.45, 2.75) is 12.8 Å². The summed E-state index contributed by atoms with van der Waals surface area (Å²) in [5.41, 5.74) is 1.40. The molecule has 0 radical (unpaired) electrons. The molecule has 1 aliphatic carbocycles. The standard InChI is InChI=1S/C18H14ClF2IN2O3/c19-13-7-10(22)3-4-11(13)17(25)23-16-12(5-6-14(20)15(16)21)18(26)24-27-8-9-1-2-9/h3-7,9H,1-2,8H2,(H,23,25)(H,24,26). The van der Waals surface area contributed by atoms with Crippen molar-refractivity contribution in [2.75, 3.05) is 11.9 Å². The molecular formula is C18H14ClF2IN2O3. The van der Waals surface area contributed by atoms with Crippen LogP contribution in [0.5, 0.6) is 0 Å². The van der Waals surface area contributed by atoms with E-state index < -0.39 is 29.1 Å². The molecule has 2 N–H and O–H groups in total. The fraction of sp³-hybridized carbons (Fsp3) is 0.222. The SMILES string of the molecule is O=C(Nc1c(C(=O)NOCC2CC2)ccc(F)c1F)c1ccc(I)cc1Cl. The van der Waals surface area contributed by atoms with Gasteiger partial charge in [0.2, 0.25) is 0 Å². The average molecular weight is 507 g/mol. The van der Waals surface area contributed by atoms with Crippen molar-refractivity contribution in [3.63, 3.8) is 0 Å². The maximum Gasteiger partial charge on any atom is 0.277 e. The van der Waals surface area contributed by atoms with E-state index in [4.69, 9.17) is 16.4 Å². The lowest BCUT2D eigenvalue weighted by Gasteiger charge is -2.13. The van der Waals surface area contributed by atoms with E-state index in [1.165, 1.54) is 6.07 Å². The maximum atomic E-state index is 14.3. The summed E-state index contributed by atoms with van der Waals surface area (Å²) >= 11 is 8.06. The highest BCUT2D eigenvalue weighted by atomic mass is 127. The minimum Gasteiger partial charge on any atom is -0.319 e. The van der Waals surface area contributed by atoms with Gasteiger partial charge < -0.3 is 5.32 Å². The highest BCUT2D eigenvalue weighted by Crippen LogP contribution is 2.29. The molecule has 0 unspecified atom stereocenters. The molecule has 2 aromatic carbocycles. The lowest BCUT2D eigenvalue weighted by molar-refractivity contribution is 0.0270. The molecule has 5 nitrogen and oxygen atoms in total. The Labute approximate surface area is 172 Å². The van der Waals surface area contributed by atoms with Gasteiger partial charge in [0.25, 0.3) is 11.8 Å². The predicted octanol–water partition coefficient (Wildman–Crippen LogP) is 4.55. The first kappa shape index (κ1) is 20.0. The summed E-state index contributed by atoms with van der Waals surface area (Å²) in [6.07, 6.45) is 2.05. The largest absolute Gasteiger partial charge is 0.319 e. The van der Waals surface area contributed by atoms with Gasteiger partial charge in [-0.3, -0.25) is 14.4 Å². The van der Waals surface area contributed by atoms with Crippen LogP contribution >= 0.6 is 34.2 Å². The summed E-state index contributed by atoms with van der Waals surface area (Å²) < 4.78 is 28.7. The summed E-state index contributed by atoms with van der Waals surface area (Å²) in [5, 5.41) is 2.38. The van der Waals surface area contributed by atoms with Gasteiger partial charge in [-0.05, 0) is 71.7 Å². The molecule has 9 heteroatoms. The summed E-state index contributed by atoms with van der Waals surface area (Å²) in [4.78, 5) is 29.8. The van der Waals surface area contributed by atoms with Crippen LogP contribution in [0.3, 0.4) is 0 Å². The van der Waals surface area contributed by atoms with Gasteiger partial charge in [0, 0.05) is 3.57 Å². The van der Waals surface area contributed by atoms with Gasteiger partial charge in [-0.1, -0.05) is 11.6 Å². The molecule has 0 aromatic heterocycles. The van der Waals surface area contributed by atoms with E-state index in [2.05, 4.69) is 10.8 Å². The Morgan fingerprint density at radius 3 is 2.52 bits per heavy atom. The average Bonchev–Trinajstić information content (AvgIpc) is 3.43. The first-order chi connectivity index (χ1) is 12.9. The number of carbonyl (C=O) groups is 2. The molecule has 2 amide bonds. The molecule has 1 aliphatic rings. The molecule has 0 spiro atoms. The van der Waals surface area contributed by atoms with E-state index in [9.17, 15) is 18.4 Å². The van der Waals surface area contributed by atoms with Gasteiger partial charge in [0.1, 0.15) is 0 Å². The normalized spacial score (nSPS) is 13.3. The molecule has 1 saturated carbocycles. The lowest BCUT2D eigenvalue weighted by atomic mass is 10.1. The number of carbonyl (C=O) groups excluding carboxylic acids is 2. The van der Waals surface area contributed by atoms with Crippen molar-refractivity contribution in [3.05, 3.63) is 61.7 Å². The number of hydroxylamine groups is 1. The van der Waals surface area contributed by atoms with Crippen LogP contribution in [0, 0.1) is 21.1 Å². The van der Waals surface area contributed by atoms with Gasteiger partial charge in [0.05, 0.1) is 28.4 Å². The molecule has 1 fully saturated rings. The number of anilines is 1. The number of halogens is 4. The third kappa shape index (κ3) is 4.94. The van der Waals surface area contributed by atoms with E-state index in [0.29, 0.717) is 12.5 Å². The van der Waals surface area contributed by atoms with Crippen molar-refractivity contribution in [1.29, 1.82) is 0 Å². The van der Waals surface area contributed by atoms with Gasteiger partial charge in [-0.15, -0.1) is 0 Å². The number of nitrogens with one attached hydrogen (secondary N) is 2. The van der Waals surface area contributed by atoms with E-state index in [1.54, 1.807) is 12.1 Å². The zero-order chi connectivity index (χ0) is 19.6. The van der Waals surface area contributed by atoms with Crippen molar-refractivity contribution >= 4 is 51.7 Å². The summed E-state index contributed by atoms with van der Waals surface area (Å²) in [6, 6.07) is 6.52. The predicted molar refractivity (Wildman–Crippen MR) is 105 cm³/mol. The van der Waals surface area contributed by atoms with Crippen LogP contribution in [0.1, 0.15) is 33.6 Å². The molecule has 0 saturated heterocycles. The van der Waals surface area contributed by atoms with Crippen LogP contribution in [0.4, 0.5) is 14.5 Å². The van der Waals surface area contributed by atoms with Crippen molar-refractivity contribution in [2.24, 2.45) is 5.92 Å². The molecule has 0 atom stereocenters. The quantitative estimate of drug-likeness (QED) is 0.446. The second-order valence-electron chi connectivity index (χ2n) is 6.05. The van der Waals surface area contributed by atoms with Gasteiger partial charge in [-0.25, -0.2) is 14.3 Å². The molecule has 142 valence electrons. The Morgan fingerprint density at radius 2 is 1.85 bits per heavy atom. The molecule has 2 aromatic rings. The number of hydrogen-bond acceptors (Lipinski definition) is 3. The highest BCUT2D eigenvalue weighted by molar-refractivity contribution is 14.1. The first-order valence-corrected chi connectivity index (χ1v) is 9.49. The Morgan fingerprint density at radius 1 is 1.15 bits per heavy atom. The maximum absolute atomic E-state index is 14.3. The van der Waals surface area contributed by atoms with Crippen LogP contribution < -0.4 is 10.8 Å². The van der Waals surface area contributed by atoms with Crippen LogP contribution in [-0.4, -0.2) is 18.4 Å². The zero-order valence-electron chi connectivity index (χ0n) is 13.8. The van der Waals surface area contributed by atoms with Crippen LogP contribution in [-0.2, 0) is 4.84 Å². The smallest absolute Gasteiger partial charge is 0.277 e. The number of hydrogen-bond donors (Lipinski definition) is 2. The lowest BCUT2D eigenvalue weighted by Crippen LogP contribution is -2.27. The number of benzene rings is 2.